The first-order valence-corrected chi connectivity index (χ1v) is 8.45. The van der Waals surface area contributed by atoms with Gasteiger partial charge in [0, 0.05) is 5.69 Å². The van der Waals surface area contributed by atoms with Crippen LogP contribution in [0.15, 0.2) is 24.3 Å². The third kappa shape index (κ3) is 4.56. The maximum Gasteiger partial charge on any atom is 0.152 e. The third-order valence-electron chi connectivity index (χ3n) is 3.76. The molecule has 0 aliphatic carbocycles. The Balaban J connectivity index is 2.14. The van der Waals surface area contributed by atoms with Gasteiger partial charge in [0.15, 0.2) is 5.78 Å². The molecule has 2 rings (SSSR count). The minimum Gasteiger partial charge on any atom is -0.298 e. The molecule has 0 aliphatic rings. The molecule has 124 valence electrons. The van der Waals surface area contributed by atoms with Crippen molar-refractivity contribution >= 4 is 29.0 Å². The summed E-state index contributed by atoms with van der Waals surface area (Å²) in [4.78, 5) is 14.3. The predicted octanol–water partition coefficient (Wildman–Crippen LogP) is 3.94. The molecule has 0 atom stereocenters. The molecular weight excluding hydrogens is 333 g/mol. The molecular formula is C17H21Cl2N3O. The molecule has 1 aromatic carbocycles. The van der Waals surface area contributed by atoms with E-state index >= 15 is 0 Å². The summed E-state index contributed by atoms with van der Waals surface area (Å²) in [7, 11) is 0. The van der Waals surface area contributed by atoms with Gasteiger partial charge in [0.05, 0.1) is 34.4 Å². The second-order valence-electron chi connectivity index (χ2n) is 5.46. The minimum absolute atomic E-state index is 0.174. The van der Waals surface area contributed by atoms with E-state index in [4.69, 9.17) is 23.2 Å². The van der Waals surface area contributed by atoms with Gasteiger partial charge in [0.25, 0.3) is 0 Å². The maximum absolute atomic E-state index is 12.2. The van der Waals surface area contributed by atoms with Crippen molar-refractivity contribution in [2.45, 2.75) is 27.2 Å². The largest absolute Gasteiger partial charge is 0.298 e. The number of halogens is 2. The Morgan fingerprint density at radius 2 is 1.87 bits per heavy atom. The Kier molecular flexibility index (Phi) is 6.22. The van der Waals surface area contributed by atoms with Crippen LogP contribution in [0.2, 0.25) is 10.0 Å². The smallest absolute Gasteiger partial charge is 0.152 e. The maximum atomic E-state index is 12.2. The number of carbonyl (C=O) groups is 1. The summed E-state index contributed by atoms with van der Waals surface area (Å²) >= 11 is 12.0. The average Bonchev–Trinajstić information content (AvgIpc) is 2.88. The van der Waals surface area contributed by atoms with E-state index in [0.29, 0.717) is 23.0 Å². The van der Waals surface area contributed by atoms with Crippen LogP contribution in [-0.2, 0) is 11.2 Å². The van der Waals surface area contributed by atoms with Crippen molar-refractivity contribution < 1.29 is 4.79 Å². The average molecular weight is 354 g/mol. The van der Waals surface area contributed by atoms with Gasteiger partial charge >= 0.3 is 0 Å². The fraction of sp³-hybridized carbons (Fsp3) is 0.412. The number of rotatable bonds is 7. The molecule has 0 unspecified atom stereocenters. The molecule has 1 heterocycles. The van der Waals surface area contributed by atoms with Crippen molar-refractivity contribution in [3.05, 3.63) is 45.7 Å². The number of nitrogens with zero attached hydrogens (tertiary/aromatic N) is 3. The summed E-state index contributed by atoms with van der Waals surface area (Å²) in [5, 5.41) is 5.52. The second kappa shape index (κ2) is 7.95. The second-order valence-corrected chi connectivity index (χ2v) is 6.28. The normalized spacial score (nSPS) is 11.2. The van der Waals surface area contributed by atoms with E-state index < -0.39 is 0 Å². The topological polar surface area (TPSA) is 38.1 Å². The van der Waals surface area contributed by atoms with Crippen molar-refractivity contribution in [1.82, 2.24) is 14.7 Å². The van der Waals surface area contributed by atoms with E-state index in [0.717, 1.165) is 30.2 Å². The molecule has 0 radical (unpaired) electrons. The van der Waals surface area contributed by atoms with Crippen LogP contribution in [-0.4, -0.2) is 40.1 Å². The standard InChI is InChI=1S/C17H21Cl2N3O/c1-4-21(5-2)11-15(23)9-13-8-12(3)22(20-13)14-6-7-16(18)17(19)10-14/h6-8,10H,4-5,9,11H2,1-3H3. The van der Waals surface area contributed by atoms with Crippen LogP contribution in [0, 0.1) is 6.92 Å². The zero-order valence-corrected chi connectivity index (χ0v) is 15.2. The first-order valence-electron chi connectivity index (χ1n) is 7.69. The first kappa shape index (κ1) is 18.0. The summed E-state index contributed by atoms with van der Waals surface area (Å²) in [6, 6.07) is 7.30. The molecule has 0 saturated carbocycles. The molecule has 6 heteroatoms. The number of likely N-dealkylation sites (N-methyl/N-ethyl adjacent to an activating group) is 1. The van der Waals surface area contributed by atoms with Crippen molar-refractivity contribution in [3.63, 3.8) is 0 Å². The summed E-state index contributed by atoms with van der Waals surface area (Å²) in [5.41, 5.74) is 2.55. The molecule has 4 nitrogen and oxygen atoms in total. The Labute approximate surface area is 147 Å². The molecule has 0 amide bonds. The number of carbonyl (C=O) groups excluding carboxylic acids is 1. The van der Waals surface area contributed by atoms with Crippen LogP contribution in [0.1, 0.15) is 25.2 Å². The lowest BCUT2D eigenvalue weighted by Crippen LogP contribution is -2.30. The number of hydrogen-bond acceptors (Lipinski definition) is 3. The summed E-state index contributed by atoms with van der Waals surface area (Å²) < 4.78 is 1.78. The molecule has 1 aromatic heterocycles. The predicted molar refractivity (Wildman–Crippen MR) is 94.8 cm³/mol. The quantitative estimate of drug-likeness (QED) is 0.756. The van der Waals surface area contributed by atoms with E-state index in [-0.39, 0.29) is 5.78 Å². The molecule has 2 aromatic rings. The van der Waals surface area contributed by atoms with E-state index in [1.165, 1.54) is 0 Å². The Bertz CT molecular complexity index is 693. The molecule has 23 heavy (non-hydrogen) atoms. The highest BCUT2D eigenvalue weighted by atomic mass is 35.5. The van der Waals surface area contributed by atoms with Crippen molar-refractivity contribution in [3.8, 4) is 5.69 Å². The molecule has 0 bridgehead atoms. The number of Topliss-reactive ketones (excluding diaryl/α,β-unsaturated/α-hetero) is 1. The Hall–Kier alpha value is -1.36. The first-order chi connectivity index (χ1) is 10.9. The van der Waals surface area contributed by atoms with Crippen LogP contribution in [0.3, 0.4) is 0 Å². The molecule has 0 aliphatic heterocycles. The summed E-state index contributed by atoms with van der Waals surface area (Å²) in [6.07, 6.45) is 0.339. The van der Waals surface area contributed by atoms with Gasteiger partial charge in [-0.05, 0) is 44.3 Å². The number of aryl methyl sites for hydroxylation is 1. The van der Waals surface area contributed by atoms with Crippen molar-refractivity contribution in [2.24, 2.45) is 0 Å². The minimum atomic E-state index is 0.174. The number of ketones is 1. The van der Waals surface area contributed by atoms with Gasteiger partial charge < -0.3 is 0 Å². The zero-order chi connectivity index (χ0) is 17.0. The van der Waals surface area contributed by atoms with Gasteiger partial charge in [0.2, 0.25) is 0 Å². The van der Waals surface area contributed by atoms with Gasteiger partial charge in [-0.15, -0.1) is 0 Å². The highest BCUT2D eigenvalue weighted by molar-refractivity contribution is 6.42. The van der Waals surface area contributed by atoms with Crippen molar-refractivity contribution in [1.29, 1.82) is 0 Å². The summed E-state index contributed by atoms with van der Waals surface area (Å²) in [6.45, 7) is 8.28. The van der Waals surface area contributed by atoms with E-state index in [2.05, 4.69) is 23.8 Å². The zero-order valence-electron chi connectivity index (χ0n) is 13.6. The van der Waals surface area contributed by atoms with Crippen LogP contribution in [0.4, 0.5) is 0 Å². The van der Waals surface area contributed by atoms with Gasteiger partial charge in [-0.1, -0.05) is 37.0 Å². The fourth-order valence-corrected chi connectivity index (χ4v) is 2.75. The number of aromatic nitrogens is 2. The lowest BCUT2D eigenvalue weighted by atomic mass is 10.2. The van der Waals surface area contributed by atoms with Crippen LogP contribution < -0.4 is 0 Å². The third-order valence-corrected chi connectivity index (χ3v) is 4.50. The van der Waals surface area contributed by atoms with Crippen molar-refractivity contribution in [2.75, 3.05) is 19.6 Å². The van der Waals surface area contributed by atoms with Crippen LogP contribution >= 0.6 is 23.2 Å². The van der Waals surface area contributed by atoms with E-state index in [1.54, 1.807) is 16.8 Å². The van der Waals surface area contributed by atoms with Gasteiger partial charge in [-0.2, -0.15) is 5.10 Å². The molecule has 0 spiro atoms. The number of benzene rings is 1. The lowest BCUT2D eigenvalue weighted by molar-refractivity contribution is -0.119. The van der Waals surface area contributed by atoms with Gasteiger partial charge in [0.1, 0.15) is 0 Å². The molecule has 0 saturated heterocycles. The Morgan fingerprint density at radius 3 is 2.48 bits per heavy atom. The van der Waals surface area contributed by atoms with E-state index in [9.17, 15) is 4.79 Å². The summed E-state index contributed by atoms with van der Waals surface area (Å²) in [5.74, 6) is 0.174. The molecule has 0 N–H and O–H groups in total. The highest BCUT2D eigenvalue weighted by Gasteiger charge is 2.13. The van der Waals surface area contributed by atoms with Gasteiger partial charge in [-0.25, -0.2) is 4.68 Å². The monoisotopic (exact) mass is 353 g/mol. The SMILES string of the molecule is CCN(CC)CC(=O)Cc1cc(C)n(-c2ccc(Cl)c(Cl)c2)n1. The lowest BCUT2D eigenvalue weighted by Gasteiger charge is -2.16. The highest BCUT2D eigenvalue weighted by Crippen LogP contribution is 2.25. The van der Waals surface area contributed by atoms with Crippen LogP contribution in [0.5, 0.6) is 0 Å². The fourth-order valence-electron chi connectivity index (χ4n) is 2.46. The van der Waals surface area contributed by atoms with Crippen LogP contribution in [0.25, 0.3) is 5.69 Å². The number of hydrogen-bond donors (Lipinski definition) is 0. The Morgan fingerprint density at radius 1 is 1.17 bits per heavy atom. The van der Waals surface area contributed by atoms with E-state index in [1.807, 2.05) is 19.1 Å². The van der Waals surface area contributed by atoms with Gasteiger partial charge in [-0.3, -0.25) is 9.69 Å². The molecule has 0 fully saturated rings.